The van der Waals surface area contributed by atoms with Crippen LogP contribution in [0.4, 0.5) is 17.1 Å². The first-order valence-corrected chi connectivity index (χ1v) is 10.2. The summed E-state index contributed by atoms with van der Waals surface area (Å²) in [5.41, 5.74) is -0.473. The summed E-state index contributed by atoms with van der Waals surface area (Å²) in [6, 6.07) is 18.6. The Balaban J connectivity index is 1.82. The molecule has 1 N–H and O–H groups in total. The first-order chi connectivity index (χ1) is 15.8. The van der Waals surface area contributed by atoms with Crippen LogP contribution in [-0.4, -0.2) is 16.0 Å². The lowest BCUT2D eigenvalue weighted by Crippen LogP contribution is -2.08. The quantitative estimate of drug-likeness (QED) is 0.105. The van der Waals surface area contributed by atoms with Gasteiger partial charge in [-0.05, 0) is 24.3 Å². The molecule has 164 valence electrons. The minimum atomic E-state index is -0.804. The Labute approximate surface area is 196 Å². The third-order valence-corrected chi connectivity index (χ3v) is 5.37. The number of hydrogen-bond acceptors (Lipinski definition) is 7. The summed E-state index contributed by atoms with van der Waals surface area (Å²) in [6.45, 7) is 0. The molecule has 0 aliphatic carbocycles. The monoisotopic (exact) mass is 481 g/mol. The molecule has 0 atom stereocenters. The standard InChI is InChI=1S/C23H13Cl2N3O5/c24-17-11-20(21(28(31)32)12-18(17)25)27-26-19-10-16(22(29)15-9-5-4-8-14(15)19)23(30)33-13-6-2-1-3-7-13/h1-12,29H. The van der Waals surface area contributed by atoms with E-state index in [0.717, 1.165) is 6.07 Å². The minimum absolute atomic E-state index is 0.00310. The van der Waals surface area contributed by atoms with Gasteiger partial charge in [-0.3, -0.25) is 10.1 Å². The molecule has 0 amide bonds. The number of aromatic hydroxyl groups is 1. The zero-order valence-corrected chi connectivity index (χ0v) is 18.1. The second-order valence-electron chi connectivity index (χ2n) is 6.75. The van der Waals surface area contributed by atoms with Crippen LogP contribution in [0.1, 0.15) is 10.4 Å². The molecule has 4 rings (SSSR count). The molecule has 0 saturated carbocycles. The van der Waals surface area contributed by atoms with Crippen molar-refractivity contribution in [3.63, 3.8) is 0 Å². The molecule has 33 heavy (non-hydrogen) atoms. The lowest BCUT2D eigenvalue weighted by atomic mass is 10.0. The lowest BCUT2D eigenvalue weighted by Gasteiger charge is -2.10. The number of benzene rings is 4. The maximum Gasteiger partial charge on any atom is 0.347 e. The van der Waals surface area contributed by atoms with Crippen LogP contribution in [-0.2, 0) is 0 Å². The van der Waals surface area contributed by atoms with Gasteiger partial charge in [-0.1, -0.05) is 65.7 Å². The zero-order chi connectivity index (χ0) is 23.5. The number of esters is 1. The van der Waals surface area contributed by atoms with Crippen molar-refractivity contribution in [2.75, 3.05) is 0 Å². The molecular formula is C23H13Cl2N3O5. The molecule has 0 heterocycles. The summed E-state index contributed by atoms with van der Waals surface area (Å²) in [5.74, 6) is -0.794. The fraction of sp³-hybridized carbons (Fsp3) is 0. The Hall–Kier alpha value is -4.01. The number of phenolic OH excluding ortho intramolecular Hbond substituents is 1. The van der Waals surface area contributed by atoms with Gasteiger partial charge in [0.1, 0.15) is 17.1 Å². The van der Waals surface area contributed by atoms with Gasteiger partial charge >= 0.3 is 5.97 Å². The molecule has 0 bridgehead atoms. The van der Waals surface area contributed by atoms with Crippen LogP contribution in [0.3, 0.4) is 0 Å². The van der Waals surface area contributed by atoms with Crippen LogP contribution >= 0.6 is 23.2 Å². The number of carbonyl (C=O) groups is 1. The molecule has 4 aromatic carbocycles. The highest BCUT2D eigenvalue weighted by Gasteiger charge is 2.20. The number of nitro groups is 1. The van der Waals surface area contributed by atoms with Crippen molar-refractivity contribution >= 4 is 57.0 Å². The van der Waals surface area contributed by atoms with E-state index in [2.05, 4.69) is 10.2 Å². The van der Waals surface area contributed by atoms with Crippen molar-refractivity contribution in [3.05, 3.63) is 98.5 Å². The third-order valence-electron chi connectivity index (χ3n) is 4.65. The number of halogens is 2. The molecule has 0 aromatic heterocycles. The van der Waals surface area contributed by atoms with Crippen molar-refractivity contribution < 1.29 is 19.6 Å². The highest BCUT2D eigenvalue weighted by Crippen LogP contribution is 2.40. The van der Waals surface area contributed by atoms with Gasteiger partial charge in [0.15, 0.2) is 5.69 Å². The fourth-order valence-corrected chi connectivity index (χ4v) is 3.41. The number of nitro benzene ring substituents is 1. The van der Waals surface area contributed by atoms with Crippen LogP contribution in [0.25, 0.3) is 10.8 Å². The average Bonchev–Trinajstić information content (AvgIpc) is 2.81. The Morgan fingerprint density at radius 3 is 2.18 bits per heavy atom. The first-order valence-electron chi connectivity index (χ1n) is 9.42. The average molecular weight is 482 g/mol. The van der Waals surface area contributed by atoms with Crippen molar-refractivity contribution in [2.24, 2.45) is 10.2 Å². The van der Waals surface area contributed by atoms with Gasteiger partial charge < -0.3 is 9.84 Å². The van der Waals surface area contributed by atoms with Crippen LogP contribution in [0.15, 0.2) is 83.0 Å². The summed E-state index contributed by atoms with van der Waals surface area (Å²) in [4.78, 5) is 23.5. The number of fused-ring (bicyclic) bond motifs is 1. The number of nitrogens with zero attached hydrogens (tertiary/aromatic N) is 3. The van der Waals surface area contributed by atoms with E-state index in [4.69, 9.17) is 27.9 Å². The predicted octanol–water partition coefficient (Wildman–Crippen LogP) is 7.40. The summed E-state index contributed by atoms with van der Waals surface area (Å²) in [7, 11) is 0. The molecule has 4 aromatic rings. The zero-order valence-electron chi connectivity index (χ0n) is 16.6. The van der Waals surface area contributed by atoms with Crippen molar-refractivity contribution in [3.8, 4) is 11.5 Å². The number of para-hydroxylation sites is 1. The van der Waals surface area contributed by atoms with E-state index >= 15 is 0 Å². The molecule has 0 aliphatic rings. The van der Waals surface area contributed by atoms with E-state index in [0.29, 0.717) is 16.5 Å². The molecule has 0 aliphatic heterocycles. The summed E-state index contributed by atoms with van der Waals surface area (Å²) in [6.07, 6.45) is 0. The second kappa shape index (κ2) is 9.23. The number of rotatable bonds is 5. The normalized spacial score (nSPS) is 11.1. The maximum atomic E-state index is 12.8. The molecule has 8 nitrogen and oxygen atoms in total. The summed E-state index contributed by atoms with van der Waals surface area (Å²) in [5, 5.41) is 31.0. The SMILES string of the molecule is O=C(Oc1ccccc1)c1cc(N=Nc2cc(Cl)c(Cl)cc2[N+](=O)[O-])c2ccccc2c1O. The van der Waals surface area contributed by atoms with Gasteiger partial charge in [-0.2, -0.15) is 0 Å². The predicted molar refractivity (Wildman–Crippen MR) is 124 cm³/mol. The third kappa shape index (κ3) is 4.62. The van der Waals surface area contributed by atoms with Crippen LogP contribution in [0, 0.1) is 10.1 Å². The molecule has 0 radical (unpaired) electrons. The van der Waals surface area contributed by atoms with E-state index in [1.807, 2.05) is 0 Å². The number of phenols is 1. The largest absolute Gasteiger partial charge is 0.506 e. The Kier molecular flexibility index (Phi) is 6.21. The highest BCUT2D eigenvalue weighted by atomic mass is 35.5. The van der Waals surface area contributed by atoms with Crippen molar-refractivity contribution in [1.29, 1.82) is 0 Å². The Morgan fingerprint density at radius 1 is 0.879 bits per heavy atom. The van der Waals surface area contributed by atoms with E-state index in [1.165, 1.54) is 12.1 Å². The summed E-state index contributed by atoms with van der Waals surface area (Å²) < 4.78 is 5.33. The lowest BCUT2D eigenvalue weighted by molar-refractivity contribution is -0.384. The van der Waals surface area contributed by atoms with Crippen LogP contribution < -0.4 is 4.74 Å². The summed E-state index contributed by atoms with van der Waals surface area (Å²) >= 11 is 11.9. The number of carbonyl (C=O) groups excluding carboxylic acids is 1. The van der Waals surface area contributed by atoms with Gasteiger partial charge in [-0.15, -0.1) is 10.2 Å². The van der Waals surface area contributed by atoms with Crippen molar-refractivity contribution in [1.82, 2.24) is 0 Å². The topological polar surface area (TPSA) is 114 Å². The fourth-order valence-electron chi connectivity index (χ4n) is 3.09. The van der Waals surface area contributed by atoms with Gasteiger partial charge in [0.05, 0.1) is 20.7 Å². The van der Waals surface area contributed by atoms with Crippen LogP contribution in [0.2, 0.25) is 10.0 Å². The molecule has 0 fully saturated rings. The Bertz CT molecular complexity index is 1430. The van der Waals surface area contributed by atoms with E-state index in [9.17, 15) is 20.0 Å². The smallest absolute Gasteiger partial charge is 0.347 e. The Morgan fingerprint density at radius 2 is 1.48 bits per heavy atom. The molecule has 10 heteroatoms. The van der Waals surface area contributed by atoms with E-state index < -0.39 is 10.9 Å². The highest BCUT2D eigenvalue weighted by molar-refractivity contribution is 6.42. The molecule has 0 unspecified atom stereocenters. The second-order valence-corrected chi connectivity index (χ2v) is 7.57. The van der Waals surface area contributed by atoms with Gasteiger partial charge in [0.2, 0.25) is 0 Å². The van der Waals surface area contributed by atoms with Gasteiger partial charge in [0, 0.05) is 16.8 Å². The first kappa shape index (κ1) is 22.2. The van der Waals surface area contributed by atoms with Crippen LogP contribution in [0.5, 0.6) is 11.5 Å². The maximum absolute atomic E-state index is 12.8. The number of azo groups is 1. The van der Waals surface area contributed by atoms with Crippen molar-refractivity contribution in [2.45, 2.75) is 0 Å². The van der Waals surface area contributed by atoms with Gasteiger partial charge in [-0.25, -0.2) is 4.79 Å². The minimum Gasteiger partial charge on any atom is -0.506 e. The van der Waals surface area contributed by atoms with Gasteiger partial charge in [0.25, 0.3) is 5.69 Å². The molecule has 0 saturated heterocycles. The number of hydrogen-bond donors (Lipinski definition) is 1. The van der Waals surface area contributed by atoms with E-state index in [1.54, 1.807) is 54.6 Å². The number of ether oxygens (including phenoxy) is 1. The molecule has 0 spiro atoms. The van der Waals surface area contributed by atoms with E-state index in [-0.39, 0.29) is 38.4 Å². The molecular weight excluding hydrogens is 469 g/mol.